The molecule has 1 saturated carbocycles. The van der Waals surface area contributed by atoms with Crippen molar-refractivity contribution in [2.75, 3.05) is 37.7 Å². The summed E-state index contributed by atoms with van der Waals surface area (Å²) >= 11 is 0. The predicted molar refractivity (Wildman–Crippen MR) is 113 cm³/mol. The first-order valence-corrected chi connectivity index (χ1v) is 10.9. The zero-order valence-corrected chi connectivity index (χ0v) is 17.1. The monoisotopic (exact) mass is 367 g/mol. The summed E-state index contributed by atoms with van der Waals surface area (Å²) in [5.74, 6) is 0.975. The summed E-state index contributed by atoms with van der Waals surface area (Å²) < 4.78 is 7.89. The molecule has 3 heteroatoms. The molecule has 1 aromatic rings. The summed E-state index contributed by atoms with van der Waals surface area (Å²) in [6.07, 6.45) is 13.2. The van der Waals surface area contributed by atoms with E-state index >= 15 is 0 Å². The topological polar surface area (TPSA) is 15.5 Å². The minimum Gasteiger partial charge on any atom is -0.368 e. The van der Waals surface area contributed by atoms with Crippen molar-refractivity contribution in [1.82, 2.24) is 0 Å². The van der Waals surface area contributed by atoms with Gasteiger partial charge in [-0.25, -0.2) is 4.58 Å². The van der Waals surface area contributed by atoms with Crippen LogP contribution in [0.25, 0.3) is 0 Å². The molecule has 0 bridgehead atoms. The number of para-hydroxylation sites is 1. The molecule has 0 spiro atoms. The predicted octanol–water partition coefficient (Wildman–Crippen LogP) is 4.75. The van der Waals surface area contributed by atoms with Gasteiger partial charge in [0.2, 0.25) is 0 Å². The van der Waals surface area contributed by atoms with Crippen molar-refractivity contribution in [2.45, 2.75) is 57.8 Å². The number of allylic oxidation sites excluding steroid dienone is 2. The Hall–Kier alpha value is -1.61. The molecule has 0 radical (unpaired) electrons. The molecule has 4 rings (SSSR count). The van der Waals surface area contributed by atoms with Crippen molar-refractivity contribution in [2.24, 2.45) is 5.92 Å². The van der Waals surface area contributed by atoms with Crippen LogP contribution < -0.4 is 4.90 Å². The Morgan fingerprint density at radius 3 is 2.67 bits per heavy atom. The van der Waals surface area contributed by atoms with Crippen LogP contribution in [-0.2, 0) is 10.2 Å². The summed E-state index contributed by atoms with van der Waals surface area (Å²) in [6.45, 7) is 9.57. The summed E-state index contributed by atoms with van der Waals surface area (Å²) in [5, 5.41) is 0. The van der Waals surface area contributed by atoms with Gasteiger partial charge in [-0.3, -0.25) is 0 Å². The second kappa shape index (κ2) is 8.18. The summed E-state index contributed by atoms with van der Waals surface area (Å²) in [6, 6.07) is 9.00. The van der Waals surface area contributed by atoms with Gasteiger partial charge in [0.1, 0.15) is 13.2 Å². The van der Waals surface area contributed by atoms with Crippen molar-refractivity contribution in [3.05, 3.63) is 41.6 Å². The minimum atomic E-state index is 0.0622. The number of morpholine rings is 1. The number of hydrogen-bond acceptors (Lipinski definition) is 2. The smallest absolute Gasteiger partial charge is 0.166 e. The lowest BCUT2D eigenvalue weighted by Gasteiger charge is -2.27. The SMILES string of the molecule is CC1(C)C(=CC=[N+]2CCOCC2)N(CCCC2CCCC2)c2ccccc21. The number of fused-ring (bicyclic) bond motifs is 1. The number of benzene rings is 1. The number of ether oxygens (including phenoxy) is 1. The van der Waals surface area contributed by atoms with Crippen LogP contribution in [0, 0.1) is 5.92 Å². The number of hydrogen-bond donors (Lipinski definition) is 0. The maximum absolute atomic E-state index is 5.49. The molecule has 3 nitrogen and oxygen atoms in total. The fourth-order valence-electron chi connectivity index (χ4n) is 5.12. The van der Waals surface area contributed by atoms with Crippen LogP contribution in [0.2, 0.25) is 0 Å². The maximum Gasteiger partial charge on any atom is 0.166 e. The summed E-state index contributed by atoms with van der Waals surface area (Å²) in [5.41, 5.74) is 4.39. The molecule has 146 valence electrons. The third-order valence-corrected chi connectivity index (χ3v) is 6.76. The quantitative estimate of drug-likeness (QED) is 0.698. The fraction of sp³-hybridized carbons (Fsp3) is 0.625. The standard InChI is InChI=1S/C24H35N2O/c1-24(2)21-11-5-6-12-22(21)26(14-7-10-20-8-3-4-9-20)23(24)13-15-25-16-18-27-19-17-25/h5-6,11-13,15,20H,3-4,7-10,14,16-19H2,1-2H3/q+1. The van der Waals surface area contributed by atoms with Crippen LogP contribution in [0.4, 0.5) is 5.69 Å². The van der Waals surface area contributed by atoms with Crippen LogP contribution in [0.1, 0.15) is 57.9 Å². The van der Waals surface area contributed by atoms with Crippen molar-refractivity contribution in [3.8, 4) is 0 Å². The zero-order chi connectivity index (χ0) is 18.7. The Morgan fingerprint density at radius 1 is 1.15 bits per heavy atom. The van der Waals surface area contributed by atoms with Gasteiger partial charge in [-0.1, -0.05) is 57.7 Å². The zero-order valence-electron chi connectivity index (χ0n) is 17.1. The fourth-order valence-corrected chi connectivity index (χ4v) is 5.12. The van der Waals surface area contributed by atoms with Gasteiger partial charge in [-0.05, 0) is 30.4 Å². The first kappa shape index (κ1) is 18.7. The Morgan fingerprint density at radius 2 is 1.89 bits per heavy atom. The molecule has 2 fully saturated rings. The molecule has 27 heavy (non-hydrogen) atoms. The van der Waals surface area contributed by atoms with E-state index in [1.54, 1.807) is 0 Å². The van der Waals surface area contributed by atoms with Gasteiger partial charge < -0.3 is 9.64 Å². The molecule has 1 aromatic carbocycles. The van der Waals surface area contributed by atoms with E-state index < -0.39 is 0 Å². The van der Waals surface area contributed by atoms with E-state index in [4.69, 9.17) is 4.74 Å². The normalized spacial score (nSPS) is 23.9. The molecular formula is C24H35N2O+. The van der Waals surface area contributed by atoms with E-state index in [0.717, 1.165) is 38.8 Å². The highest BCUT2D eigenvalue weighted by molar-refractivity contribution is 5.77. The highest BCUT2D eigenvalue weighted by Crippen LogP contribution is 2.47. The Bertz CT molecular complexity index is 705. The minimum absolute atomic E-state index is 0.0622. The molecule has 0 N–H and O–H groups in total. The molecule has 0 atom stereocenters. The highest BCUT2D eigenvalue weighted by Gasteiger charge is 2.39. The first-order valence-electron chi connectivity index (χ1n) is 10.9. The number of nitrogens with zero attached hydrogens (tertiary/aromatic N) is 2. The average molecular weight is 368 g/mol. The molecule has 2 heterocycles. The Kier molecular flexibility index (Phi) is 5.68. The average Bonchev–Trinajstić information content (AvgIpc) is 3.27. The van der Waals surface area contributed by atoms with Gasteiger partial charge in [-0.2, -0.15) is 0 Å². The third-order valence-electron chi connectivity index (χ3n) is 6.76. The highest BCUT2D eigenvalue weighted by atomic mass is 16.5. The lowest BCUT2D eigenvalue weighted by molar-refractivity contribution is -0.544. The van der Waals surface area contributed by atoms with Gasteiger partial charge in [0, 0.05) is 29.4 Å². The van der Waals surface area contributed by atoms with Crippen molar-refractivity contribution < 1.29 is 9.31 Å². The molecular weight excluding hydrogens is 332 g/mol. The van der Waals surface area contributed by atoms with E-state index in [0.29, 0.717) is 0 Å². The molecule has 0 aromatic heterocycles. The van der Waals surface area contributed by atoms with Gasteiger partial charge in [0.15, 0.2) is 19.3 Å². The summed E-state index contributed by atoms with van der Waals surface area (Å²) in [7, 11) is 0. The molecule has 0 unspecified atom stereocenters. The van der Waals surface area contributed by atoms with Gasteiger partial charge in [-0.15, -0.1) is 0 Å². The Labute approximate surface area is 164 Å². The van der Waals surface area contributed by atoms with Crippen LogP contribution in [-0.4, -0.2) is 43.6 Å². The molecule has 2 aliphatic heterocycles. The van der Waals surface area contributed by atoms with Crippen LogP contribution in [0.15, 0.2) is 36.0 Å². The van der Waals surface area contributed by atoms with Crippen molar-refractivity contribution >= 4 is 11.9 Å². The van der Waals surface area contributed by atoms with E-state index in [9.17, 15) is 0 Å². The second-order valence-corrected chi connectivity index (χ2v) is 8.94. The molecule has 3 aliphatic rings. The van der Waals surface area contributed by atoms with Gasteiger partial charge in [0.05, 0.1) is 0 Å². The largest absolute Gasteiger partial charge is 0.368 e. The number of anilines is 1. The van der Waals surface area contributed by atoms with Crippen molar-refractivity contribution in [3.63, 3.8) is 0 Å². The third kappa shape index (κ3) is 3.99. The van der Waals surface area contributed by atoms with Crippen LogP contribution in [0.5, 0.6) is 0 Å². The van der Waals surface area contributed by atoms with E-state index in [1.807, 2.05) is 0 Å². The molecule has 0 amide bonds. The van der Waals surface area contributed by atoms with E-state index in [-0.39, 0.29) is 5.41 Å². The van der Waals surface area contributed by atoms with Crippen LogP contribution in [0.3, 0.4) is 0 Å². The van der Waals surface area contributed by atoms with E-state index in [2.05, 4.69) is 59.9 Å². The lowest BCUT2D eigenvalue weighted by Crippen LogP contribution is -2.31. The maximum atomic E-state index is 5.49. The molecule has 1 saturated heterocycles. The van der Waals surface area contributed by atoms with Crippen molar-refractivity contribution in [1.29, 1.82) is 0 Å². The summed E-state index contributed by atoms with van der Waals surface area (Å²) in [4.78, 5) is 2.60. The van der Waals surface area contributed by atoms with Gasteiger partial charge >= 0.3 is 0 Å². The van der Waals surface area contributed by atoms with Gasteiger partial charge in [0.25, 0.3) is 0 Å². The molecule has 1 aliphatic carbocycles. The second-order valence-electron chi connectivity index (χ2n) is 8.94. The lowest BCUT2D eigenvalue weighted by atomic mass is 9.84. The number of rotatable bonds is 5. The van der Waals surface area contributed by atoms with Crippen LogP contribution >= 0.6 is 0 Å². The van der Waals surface area contributed by atoms with E-state index in [1.165, 1.54) is 55.5 Å². The Balaban J connectivity index is 1.55. The first-order chi connectivity index (χ1) is 13.2.